The van der Waals surface area contributed by atoms with Crippen molar-refractivity contribution in [3.8, 4) is 0 Å². The van der Waals surface area contributed by atoms with E-state index in [1.54, 1.807) is 42.5 Å². The smallest absolute Gasteiger partial charge is 0.251 e. The van der Waals surface area contributed by atoms with Crippen molar-refractivity contribution < 1.29 is 17.6 Å². The predicted octanol–water partition coefficient (Wildman–Crippen LogP) is 4.38. The van der Waals surface area contributed by atoms with Crippen molar-refractivity contribution in [1.29, 1.82) is 0 Å². The van der Waals surface area contributed by atoms with Crippen LogP contribution in [0.25, 0.3) is 0 Å². The highest BCUT2D eigenvalue weighted by Crippen LogP contribution is 2.23. The third-order valence-corrected chi connectivity index (χ3v) is 6.47. The fourth-order valence-corrected chi connectivity index (χ4v) is 4.16. The third kappa shape index (κ3) is 6.17. The summed E-state index contributed by atoms with van der Waals surface area (Å²) in [5.41, 5.74) is 4.93. The Balaban J connectivity index is 1.64. The number of sulfonamides is 1. The number of anilines is 1. The largest absolute Gasteiger partial charge is 0.352 e. The molecule has 0 unspecified atom stereocenters. The molecule has 5 nitrogen and oxygen atoms in total. The molecular weight excluding hydrogens is 427 g/mol. The molecule has 168 valence electrons. The van der Waals surface area contributed by atoms with Gasteiger partial charge in [-0.25, -0.2) is 12.8 Å². The van der Waals surface area contributed by atoms with Gasteiger partial charge in [0.05, 0.1) is 18.5 Å². The monoisotopic (exact) mass is 454 g/mol. The third-order valence-electron chi connectivity index (χ3n) is 5.33. The molecule has 3 aromatic carbocycles. The number of hydrogen-bond acceptors (Lipinski definition) is 3. The summed E-state index contributed by atoms with van der Waals surface area (Å²) in [6, 6.07) is 18.6. The average Bonchev–Trinajstić information content (AvgIpc) is 2.75. The summed E-state index contributed by atoms with van der Waals surface area (Å²) in [6.45, 7) is 4.53. The number of benzene rings is 3. The lowest BCUT2D eigenvalue weighted by Crippen LogP contribution is -2.29. The molecule has 0 saturated carbocycles. The van der Waals surface area contributed by atoms with Crippen LogP contribution in [-0.2, 0) is 23.0 Å². The van der Waals surface area contributed by atoms with Crippen molar-refractivity contribution in [2.75, 3.05) is 17.1 Å². The van der Waals surface area contributed by atoms with Crippen LogP contribution >= 0.6 is 0 Å². The lowest BCUT2D eigenvalue weighted by Gasteiger charge is -2.23. The van der Waals surface area contributed by atoms with Crippen LogP contribution in [0, 0.1) is 19.7 Å². The Bertz CT molecular complexity index is 1190. The minimum atomic E-state index is -3.48. The van der Waals surface area contributed by atoms with Gasteiger partial charge >= 0.3 is 0 Å². The second-order valence-electron chi connectivity index (χ2n) is 7.87. The molecule has 0 radical (unpaired) electrons. The van der Waals surface area contributed by atoms with Crippen molar-refractivity contribution in [3.63, 3.8) is 0 Å². The van der Waals surface area contributed by atoms with E-state index in [1.807, 2.05) is 26.0 Å². The van der Waals surface area contributed by atoms with Crippen LogP contribution in [-0.4, -0.2) is 27.1 Å². The first kappa shape index (κ1) is 23.5. The van der Waals surface area contributed by atoms with Crippen LogP contribution in [0.5, 0.6) is 0 Å². The molecule has 0 spiro atoms. The van der Waals surface area contributed by atoms with Gasteiger partial charge in [-0.3, -0.25) is 9.10 Å². The Hall–Kier alpha value is -3.19. The number of aryl methyl sites for hydroxylation is 2. The molecule has 1 amide bonds. The molecule has 0 heterocycles. The van der Waals surface area contributed by atoms with E-state index in [9.17, 15) is 17.6 Å². The zero-order chi connectivity index (χ0) is 23.3. The van der Waals surface area contributed by atoms with E-state index in [2.05, 4.69) is 5.32 Å². The molecule has 7 heteroatoms. The molecule has 0 aliphatic rings. The number of nitrogens with zero attached hydrogens (tertiary/aromatic N) is 1. The Morgan fingerprint density at radius 3 is 2.12 bits per heavy atom. The van der Waals surface area contributed by atoms with Crippen molar-refractivity contribution in [2.45, 2.75) is 26.8 Å². The summed E-state index contributed by atoms with van der Waals surface area (Å²) in [7, 11) is -3.48. The summed E-state index contributed by atoms with van der Waals surface area (Å²) in [4.78, 5) is 12.4. The molecule has 1 N–H and O–H groups in total. The van der Waals surface area contributed by atoms with Gasteiger partial charge in [-0.2, -0.15) is 0 Å². The highest BCUT2D eigenvalue weighted by atomic mass is 32.2. The van der Waals surface area contributed by atoms with Crippen molar-refractivity contribution in [3.05, 3.63) is 100 Å². The Kier molecular flexibility index (Phi) is 7.30. The second-order valence-corrected chi connectivity index (χ2v) is 9.77. The van der Waals surface area contributed by atoms with Gasteiger partial charge in [0.2, 0.25) is 10.0 Å². The molecule has 0 aromatic heterocycles. The molecule has 3 aromatic rings. The maximum absolute atomic E-state index is 13.0. The highest BCUT2D eigenvalue weighted by molar-refractivity contribution is 7.92. The average molecular weight is 455 g/mol. The van der Waals surface area contributed by atoms with Crippen molar-refractivity contribution in [2.24, 2.45) is 0 Å². The molecule has 0 atom stereocenters. The summed E-state index contributed by atoms with van der Waals surface area (Å²) in [5, 5.41) is 2.84. The minimum Gasteiger partial charge on any atom is -0.352 e. The first-order chi connectivity index (χ1) is 15.1. The minimum absolute atomic E-state index is 0.174. The number of carbonyl (C=O) groups is 1. The quantitative estimate of drug-likeness (QED) is 0.549. The van der Waals surface area contributed by atoms with Gasteiger partial charge in [0.25, 0.3) is 5.91 Å². The van der Waals surface area contributed by atoms with E-state index in [-0.39, 0.29) is 18.3 Å². The standard InChI is InChI=1S/C25H27FN2O3S/c1-18-4-13-24(16-19(18)2)28(32(3,30)31)17-21-5-9-22(10-6-21)25(29)27-15-14-20-7-11-23(26)12-8-20/h4-13,16H,14-15,17H2,1-3H3,(H,27,29). The molecule has 0 bridgehead atoms. The van der Waals surface area contributed by atoms with E-state index >= 15 is 0 Å². The first-order valence-electron chi connectivity index (χ1n) is 10.3. The lowest BCUT2D eigenvalue weighted by molar-refractivity contribution is 0.0954. The van der Waals surface area contributed by atoms with Gasteiger partial charge < -0.3 is 5.32 Å². The maximum atomic E-state index is 13.0. The normalized spacial score (nSPS) is 11.2. The highest BCUT2D eigenvalue weighted by Gasteiger charge is 2.18. The van der Waals surface area contributed by atoms with Gasteiger partial charge in [0.1, 0.15) is 5.82 Å². The summed E-state index contributed by atoms with van der Waals surface area (Å²) in [6.07, 6.45) is 1.79. The Morgan fingerprint density at radius 2 is 1.53 bits per heavy atom. The number of amides is 1. The zero-order valence-corrected chi connectivity index (χ0v) is 19.2. The van der Waals surface area contributed by atoms with Gasteiger partial charge in [-0.15, -0.1) is 0 Å². The van der Waals surface area contributed by atoms with Crippen molar-refractivity contribution >= 4 is 21.6 Å². The molecular formula is C25H27FN2O3S. The maximum Gasteiger partial charge on any atom is 0.251 e. The van der Waals surface area contributed by atoms with Gasteiger partial charge in [0, 0.05) is 12.1 Å². The van der Waals surface area contributed by atoms with Crippen LogP contribution in [0.4, 0.5) is 10.1 Å². The van der Waals surface area contributed by atoms with Crippen LogP contribution in [0.3, 0.4) is 0 Å². The van der Waals surface area contributed by atoms with Gasteiger partial charge in [0.15, 0.2) is 0 Å². The second kappa shape index (κ2) is 9.96. The fraction of sp³-hybridized carbons (Fsp3) is 0.240. The van der Waals surface area contributed by atoms with Crippen LogP contribution in [0.15, 0.2) is 66.7 Å². The molecule has 3 rings (SSSR count). The summed E-state index contributed by atoms with van der Waals surface area (Å²) >= 11 is 0. The zero-order valence-electron chi connectivity index (χ0n) is 18.4. The molecule has 0 saturated heterocycles. The van der Waals surface area contributed by atoms with Gasteiger partial charge in [-0.1, -0.05) is 30.3 Å². The molecule has 0 aliphatic heterocycles. The number of halogens is 1. The van der Waals surface area contributed by atoms with E-state index < -0.39 is 10.0 Å². The Labute approximate surface area is 188 Å². The lowest BCUT2D eigenvalue weighted by atomic mass is 10.1. The number of hydrogen-bond donors (Lipinski definition) is 1. The van der Waals surface area contributed by atoms with E-state index in [0.29, 0.717) is 24.2 Å². The van der Waals surface area contributed by atoms with E-state index in [4.69, 9.17) is 0 Å². The van der Waals surface area contributed by atoms with Crippen LogP contribution in [0.1, 0.15) is 32.6 Å². The van der Waals surface area contributed by atoms with E-state index in [0.717, 1.165) is 22.3 Å². The number of nitrogens with one attached hydrogen (secondary N) is 1. The van der Waals surface area contributed by atoms with Gasteiger partial charge in [-0.05, 0) is 78.9 Å². The molecule has 0 aliphatic carbocycles. The summed E-state index contributed by atoms with van der Waals surface area (Å²) in [5.74, 6) is -0.502. The topological polar surface area (TPSA) is 66.5 Å². The summed E-state index contributed by atoms with van der Waals surface area (Å²) < 4.78 is 39.1. The predicted molar refractivity (Wildman–Crippen MR) is 126 cm³/mol. The number of rotatable bonds is 8. The SMILES string of the molecule is Cc1ccc(N(Cc2ccc(C(=O)NCCc3ccc(F)cc3)cc2)S(C)(=O)=O)cc1C. The van der Waals surface area contributed by atoms with Crippen LogP contribution < -0.4 is 9.62 Å². The number of carbonyl (C=O) groups excluding carboxylic acids is 1. The van der Waals surface area contributed by atoms with Crippen LogP contribution in [0.2, 0.25) is 0 Å². The molecule has 32 heavy (non-hydrogen) atoms. The molecule has 0 fully saturated rings. The fourth-order valence-electron chi connectivity index (χ4n) is 3.28. The van der Waals surface area contributed by atoms with Crippen molar-refractivity contribution in [1.82, 2.24) is 5.32 Å². The Morgan fingerprint density at radius 1 is 0.906 bits per heavy atom. The van der Waals surface area contributed by atoms with E-state index in [1.165, 1.54) is 22.7 Å². The first-order valence-corrected chi connectivity index (χ1v) is 12.1.